The molecule has 0 aromatic carbocycles. The number of piperidine rings is 1. The molecule has 7 heteroatoms. The molecule has 2 saturated heterocycles. The molecule has 2 fully saturated rings. The van der Waals surface area contributed by atoms with Crippen LogP contribution in [0.15, 0.2) is 12.3 Å². The Bertz CT molecular complexity index is 642. The van der Waals surface area contributed by atoms with Gasteiger partial charge in [0.05, 0.1) is 6.20 Å². The van der Waals surface area contributed by atoms with Crippen LogP contribution in [0, 0.1) is 17.0 Å². The largest absolute Gasteiger partial charge is 0.342 e. The predicted octanol–water partition coefficient (Wildman–Crippen LogP) is 1.83. The van der Waals surface area contributed by atoms with Crippen LogP contribution in [0.25, 0.3) is 0 Å². The van der Waals surface area contributed by atoms with Crippen molar-refractivity contribution in [3.63, 3.8) is 0 Å². The molecule has 0 N–H and O–H groups in total. The molecule has 124 valence electrons. The van der Waals surface area contributed by atoms with Gasteiger partial charge in [-0.25, -0.2) is 13.8 Å². The van der Waals surface area contributed by atoms with Gasteiger partial charge in [0.25, 0.3) is 5.91 Å². The first kappa shape index (κ1) is 15.8. The molecule has 1 spiro atoms. The molecule has 2 aliphatic heterocycles. The van der Waals surface area contributed by atoms with Crippen LogP contribution in [0.4, 0.5) is 8.78 Å². The summed E-state index contributed by atoms with van der Waals surface area (Å²) in [5.41, 5.74) is -0.418. The number of hydrogen-bond donors (Lipinski definition) is 0. The predicted molar refractivity (Wildman–Crippen MR) is 78.6 cm³/mol. The number of aromatic nitrogens is 1. The van der Waals surface area contributed by atoms with Crippen molar-refractivity contribution in [1.82, 2.24) is 14.8 Å². The van der Waals surface area contributed by atoms with E-state index in [0.29, 0.717) is 45.0 Å². The van der Waals surface area contributed by atoms with Crippen LogP contribution in [0.5, 0.6) is 0 Å². The van der Waals surface area contributed by atoms with Gasteiger partial charge in [-0.3, -0.25) is 9.59 Å². The molecule has 3 rings (SSSR count). The van der Waals surface area contributed by atoms with Crippen molar-refractivity contribution in [2.75, 3.05) is 26.2 Å². The van der Waals surface area contributed by atoms with E-state index in [-0.39, 0.29) is 17.0 Å². The van der Waals surface area contributed by atoms with Gasteiger partial charge in [-0.2, -0.15) is 0 Å². The van der Waals surface area contributed by atoms with Crippen LogP contribution in [-0.2, 0) is 4.79 Å². The highest BCUT2D eigenvalue weighted by Crippen LogP contribution is 2.41. The second kappa shape index (κ2) is 5.86. The minimum Gasteiger partial charge on any atom is -0.342 e. The normalized spacial score (nSPS) is 20.4. The van der Waals surface area contributed by atoms with E-state index in [1.54, 1.807) is 0 Å². The first-order valence-electron chi connectivity index (χ1n) is 7.82. The van der Waals surface area contributed by atoms with Gasteiger partial charge in [-0.15, -0.1) is 0 Å². The van der Waals surface area contributed by atoms with Gasteiger partial charge in [0.15, 0.2) is 11.5 Å². The third kappa shape index (κ3) is 2.92. The van der Waals surface area contributed by atoms with Crippen molar-refractivity contribution in [3.8, 4) is 0 Å². The van der Waals surface area contributed by atoms with Gasteiger partial charge in [0.1, 0.15) is 5.82 Å². The molecule has 1 aromatic heterocycles. The Hall–Kier alpha value is -2.05. The highest BCUT2D eigenvalue weighted by atomic mass is 19.1. The van der Waals surface area contributed by atoms with Crippen molar-refractivity contribution in [1.29, 1.82) is 0 Å². The van der Waals surface area contributed by atoms with Crippen LogP contribution >= 0.6 is 0 Å². The van der Waals surface area contributed by atoms with Crippen LogP contribution in [0.1, 0.15) is 36.7 Å². The third-order valence-corrected chi connectivity index (χ3v) is 4.91. The van der Waals surface area contributed by atoms with E-state index in [9.17, 15) is 18.4 Å². The second-order valence-corrected chi connectivity index (χ2v) is 6.36. The van der Waals surface area contributed by atoms with E-state index in [0.717, 1.165) is 12.7 Å². The highest BCUT2D eigenvalue weighted by molar-refractivity contribution is 5.92. The first-order valence-corrected chi connectivity index (χ1v) is 7.82. The number of rotatable bonds is 2. The van der Waals surface area contributed by atoms with Gasteiger partial charge in [-0.1, -0.05) is 0 Å². The summed E-state index contributed by atoms with van der Waals surface area (Å²) in [6, 6.07) is 0.667. The lowest BCUT2D eigenvalue weighted by Crippen LogP contribution is -2.44. The summed E-state index contributed by atoms with van der Waals surface area (Å²) in [6.45, 7) is 4.31. The van der Waals surface area contributed by atoms with Crippen LogP contribution < -0.4 is 0 Å². The van der Waals surface area contributed by atoms with E-state index in [2.05, 4.69) is 4.98 Å². The number of pyridine rings is 1. The van der Waals surface area contributed by atoms with Crippen molar-refractivity contribution >= 4 is 11.8 Å². The summed E-state index contributed by atoms with van der Waals surface area (Å²) >= 11 is 0. The van der Waals surface area contributed by atoms with Gasteiger partial charge in [0.2, 0.25) is 5.91 Å². The Kier molecular flexibility index (Phi) is 4.04. The number of hydrogen-bond acceptors (Lipinski definition) is 3. The maximum absolute atomic E-state index is 13.7. The Morgan fingerprint density at radius 3 is 2.61 bits per heavy atom. The molecule has 2 amide bonds. The summed E-state index contributed by atoms with van der Waals surface area (Å²) in [4.78, 5) is 31.2. The molecule has 0 saturated carbocycles. The summed E-state index contributed by atoms with van der Waals surface area (Å²) in [7, 11) is 0. The fraction of sp³-hybridized carbons (Fsp3) is 0.562. The minimum atomic E-state index is -0.941. The molecule has 23 heavy (non-hydrogen) atoms. The molecule has 2 aliphatic rings. The van der Waals surface area contributed by atoms with Gasteiger partial charge in [0, 0.05) is 44.1 Å². The lowest BCUT2D eigenvalue weighted by molar-refractivity contribution is -0.127. The minimum absolute atomic E-state index is 0.0708. The van der Waals surface area contributed by atoms with Crippen molar-refractivity contribution < 1.29 is 18.4 Å². The zero-order valence-corrected chi connectivity index (χ0v) is 13.0. The lowest BCUT2D eigenvalue weighted by Gasteiger charge is -2.38. The molecule has 0 unspecified atom stereocenters. The Labute approximate surface area is 133 Å². The summed E-state index contributed by atoms with van der Waals surface area (Å²) in [6.07, 6.45) is 2.79. The standard InChI is InChI=1S/C16H19F2N3O2/c1-2-20-10-16(8-13(20)22)3-5-21(6-4-16)15(23)14-12(18)7-11(17)9-19-14/h7,9H,2-6,8,10H2,1H3. The summed E-state index contributed by atoms with van der Waals surface area (Å²) in [5, 5.41) is 0. The molecule has 1 aromatic rings. The third-order valence-electron chi connectivity index (χ3n) is 4.91. The first-order chi connectivity index (χ1) is 10.9. The number of carbonyl (C=O) groups excluding carboxylic acids is 2. The second-order valence-electron chi connectivity index (χ2n) is 6.36. The van der Waals surface area contributed by atoms with E-state index < -0.39 is 17.5 Å². The van der Waals surface area contributed by atoms with E-state index in [1.165, 1.54) is 4.90 Å². The van der Waals surface area contributed by atoms with Gasteiger partial charge in [-0.05, 0) is 19.8 Å². The van der Waals surface area contributed by atoms with Crippen molar-refractivity contribution in [2.45, 2.75) is 26.2 Å². The van der Waals surface area contributed by atoms with Crippen molar-refractivity contribution in [3.05, 3.63) is 29.6 Å². The maximum Gasteiger partial charge on any atom is 0.275 e. The van der Waals surface area contributed by atoms with Gasteiger partial charge >= 0.3 is 0 Å². The number of likely N-dealkylation sites (tertiary alicyclic amines) is 2. The highest BCUT2D eigenvalue weighted by Gasteiger charge is 2.45. The average molecular weight is 323 g/mol. The zero-order chi connectivity index (χ0) is 16.6. The topological polar surface area (TPSA) is 53.5 Å². The lowest BCUT2D eigenvalue weighted by atomic mass is 9.77. The maximum atomic E-state index is 13.7. The Morgan fingerprint density at radius 2 is 2.04 bits per heavy atom. The number of carbonyl (C=O) groups is 2. The average Bonchev–Trinajstić information content (AvgIpc) is 2.83. The molecular weight excluding hydrogens is 304 g/mol. The molecular formula is C16H19F2N3O2. The molecule has 3 heterocycles. The zero-order valence-electron chi connectivity index (χ0n) is 13.0. The quantitative estimate of drug-likeness (QED) is 0.834. The smallest absolute Gasteiger partial charge is 0.275 e. The van der Waals surface area contributed by atoms with Crippen LogP contribution in [0.3, 0.4) is 0 Å². The molecule has 5 nitrogen and oxygen atoms in total. The number of halogens is 2. The van der Waals surface area contributed by atoms with E-state index >= 15 is 0 Å². The monoisotopic (exact) mass is 323 g/mol. The van der Waals surface area contributed by atoms with Crippen LogP contribution in [0.2, 0.25) is 0 Å². The van der Waals surface area contributed by atoms with E-state index in [4.69, 9.17) is 0 Å². The fourth-order valence-electron chi connectivity index (χ4n) is 3.51. The van der Waals surface area contributed by atoms with Crippen LogP contribution in [-0.4, -0.2) is 52.8 Å². The fourth-order valence-corrected chi connectivity index (χ4v) is 3.51. The molecule has 0 aliphatic carbocycles. The van der Waals surface area contributed by atoms with Crippen molar-refractivity contribution in [2.24, 2.45) is 5.41 Å². The summed E-state index contributed by atoms with van der Waals surface area (Å²) < 4.78 is 26.6. The Morgan fingerprint density at radius 1 is 1.35 bits per heavy atom. The van der Waals surface area contributed by atoms with E-state index in [1.807, 2.05) is 11.8 Å². The van der Waals surface area contributed by atoms with Gasteiger partial charge < -0.3 is 9.80 Å². The molecule has 0 atom stereocenters. The molecule has 0 radical (unpaired) electrons. The number of nitrogens with zero attached hydrogens (tertiary/aromatic N) is 3. The summed E-state index contributed by atoms with van der Waals surface area (Å²) in [5.74, 6) is -2.10. The Balaban J connectivity index is 1.67. The molecule has 0 bridgehead atoms. The SMILES string of the molecule is CCN1CC2(CCN(C(=O)c3ncc(F)cc3F)CC2)CC1=O. The number of amides is 2.